The van der Waals surface area contributed by atoms with Crippen LogP contribution in [0.4, 0.5) is 0 Å². The number of hydrogen-bond donors (Lipinski definition) is 1. The van der Waals surface area contributed by atoms with Gasteiger partial charge in [-0.15, -0.1) is 0 Å². The average Bonchev–Trinajstić information content (AvgIpc) is 2.91. The highest BCUT2D eigenvalue weighted by Gasteiger charge is 2.20. The van der Waals surface area contributed by atoms with Crippen LogP contribution in [-0.4, -0.2) is 18.1 Å². The highest BCUT2D eigenvalue weighted by molar-refractivity contribution is 5.63. The number of oxazole rings is 1. The van der Waals surface area contributed by atoms with Crippen LogP contribution in [0.1, 0.15) is 45.6 Å². The van der Waals surface area contributed by atoms with Gasteiger partial charge in [0.2, 0.25) is 0 Å². The maximum Gasteiger partial charge on any atom is 0.196 e. The first-order valence-electron chi connectivity index (χ1n) is 7.77. The second-order valence-corrected chi connectivity index (χ2v) is 6.41. The topological polar surface area (TPSA) is 38.1 Å². The fourth-order valence-electron chi connectivity index (χ4n) is 2.40. The van der Waals surface area contributed by atoms with Gasteiger partial charge in [0.25, 0.3) is 0 Å². The van der Waals surface area contributed by atoms with Gasteiger partial charge in [-0.2, -0.15) is 0 Å². The lowest BCUT2D eigenvalue weighted by molar-refractivity contribution is 0.492. The Kier molecular flexibility index (Phi) is 5.18. The van der Waals surface area contributed by atoms with E-state index in [0.29, 0.717) is 0 Å². The fourth-order valence-corrected chi connectivity index (χ4v) is 2.40. The van der Waals surface area contributed by atoms with E-state index in [-0.39, 0.29) is 5.41 Å². The van der Waals surface area contributed by atoms with Gasteiger partial charge in [-0.1, -0.05) is 52.0 Å². The van der Waals surface area contributed by atoms with Crippen LogP contribution in [-0.2, 0) is 11.8 Å². The van der Waals surface area contributed by atoms with E-state index < -0.39 is 0 Å². The zero-order valence-electron chi connectivity index (χ0n) is 13.6. The van der Waals surface area contributed by atoms with Gasteiger partial charge in [0.05, 0.1) is 6.20 Å². The predicted molar refractivity (Wildman–Crippen MR) is 87.5 cm³/mol. The lowest BCUT2D eigenvalue weighted by atomic mass is 9.83. The van der Waals surface area contributed by atoms with Gasteiger partial charge in [-0.3, -0.25) is 0 Å². The summed E-state index contributed by atoms with van der Waals surface area (Å²) in [6, 6.07) is 8.41. The molecule has 0 radical (unpaired) electrons. The van der Waals surface area contributed by atoms with Crippen LogP contribution < -0.4 is 5.32 Å². The molecule has 0 unspecified atom stereocenters. The summed E-state index contributed by atoms with van der Waals surface area (Å²) in [5.41, 5.74) is 2.52. The minimum Gasteiger partial charge on any atom is -0.441 e. The molecule has 1 aromatic heterocycles. The maximum atomic E-state index is 5.93. The Morgan fingerprint density at radius 3 is 2.62 bits per heavy atom. The molecule has 1 N–H and O–H groups in total. The molecule has 0 bridgehead atoms. The van der Waals surface area contributed by atoms with Crippen molar-refractivity contribution in [1.82, 2.24) is 10.3 Å². The summed E-state index contributed by atoms with van der Waals surface area (Å²) in [7, 11) is 0. The third kappa shape index (κ3) is 4.18. The molecule has 21 heavy (non-hydrogen) atoms. The molecular formula is C18H26N2O. The summed E-state index contributed by atoms with van der Waals surface area (Å²) < 4.78 is 5.93. The molecule has 0 amide bonds. The molecule has 1 heterocycles. The van der Waals surface area contributed by atoms with Gasteiger partial charge >= 0.3 is 0 Å². The molecule has 0 fully saturated rings. The summed E-state index contributed by atoms with van der Waals surface area (Å²) in [5, 5.41) is 3.37. The molecule has 0 aliphatic carbocycles. The number of aromatic nitrogens is 1. The monoisotopic (exact) mass is 286 g/mol. The average molecular weight is 286 g/mol. The lowest BCUT2D eigenvalue weighted by Crippen LogP contribution is -2.17. The molecule has 114 valence electrons. The summed E-state index contributed by atoms with van der Waals surface area (Å²) in [6.07, 6.45) is 3.83. The molecule has 0 aliphatic rings. The van der Waals surface area contributed by atoms with E-state index in [1.807, 2.05) is 6.20 Å². The standard InChI is InChI=1S/C18H26N2O/c1-5-11-19-12-10-17-20-13-16(21-17)14-8-6-7-9-15(14)18(2,3)4/h6-9,13,19H,5,10-12H2,1-4H3. The van der Waals surface area contributed by atoms with Gasteiger partial charge in [0, 0.05) is 18.5 Å². The Bertz CT molecular complexity index is 567. The summed E-state index contributed by atoms with van der Waals surface area (Å²) in [5.74, 6) is 1.67. The van der Waals surface area contributed by atoms with Gasteiger partial charge in [-0.05, 0) is 23.9 Å². The van der Waals surface area contributed by atoms with Gasteiger partial charge in [0.15, 0.2) is 11.7 Å². The Labute approximate surface area is 127 Å². The molecule has 3 heteroatoms. The highest BCUT2D eigenvalue weighted by Crippen LogP contribution is 2.33. The van der Waals surface area contributed by atoms with Crippen LogP contribution >= 0.6 is 0 Å². The zero-order chi connectivity index (χ0) is 15.3. The minimum absolute atomic E-state index is 0.0895. The summed E-state index contributed by atoms with van der Waals surface area (Å²) in [4.78, 5) is 4.41. The predicted octanol–water partition coefficient (Wildman–Crippen LogP) is 4.18. The molecule has 2 rings (SSSR count). The van der Waals surface area contributed by atoms with Crippen LogP contribution in [0, 0.1) is 0 Å². The Morgan fingerprint density at radius 2 is 1.90 bits per heavy atom. The van der Waals surface area contributed by atoms with Crippen LogP contribution in [0.3, 0.4) is 0 Å². The molecule has 0 saturated carbocycles. The quantitative estimate of drug-likeness (QED) is 0.809. The summed E-state index contributed by atoms with van der Waals surface area (Å²) in [6.45, 7) is 10.8. The first-order valence-corrected chi connectivity index (χ1v) is 7.77. The number of benzene rings is 1. The van der Waals surface area contributed by atoms with Crippen LogP contribution in [0.2, 0.25) is 0 Å². The summed E-state index contributed by atoms with van der Waals surface area (Å²) >= 11 is 0. The van der Waals surface area contributed by atoms with Crippen molar-refractivity contribution in [2.24, 2.45) is 0 Å². The molecule has 2 aromatic rings. The van der Waals surface area contributed by atoms with Crippen molar-refractivity contribution in [1.29, 1.82) is 0 Å². The van der Waals surface area contributed by atoms with Crippen molar-refractivity contribution in [3.63, 3.8) is 0 Å². The van der Waals surface area contributed by atoms with E-state index in [2.05, 4.69) is 62.3 Å². The molecule has 3 nitrogen and oxygen atoms in total. The van der Waals surface area contributed by atoms with E-state index in [1.54, 1.807) is 0 Å². The number of nitrogens with zero attached hydrogens (tertiary/aromatic N) is 1. The molecular weight excluding hydrogens is 260 g/mol. The van der Waals surface area contributed by atoms with Crippen molar-refractivity contribution >= 4 is 0 Å². The van der Waals surface area contributed by atoms with Crippen molar-refractivity contribution < 1.29 is 4.42 Å². The van der Waals surface area contributed by atoms with E-state index in [1.165, 1.54) is 5.56 Å². The van der Waals surface area contributed by atoms with Crippen LogP contribution in [0.25, 0.3) is 11.3 Å². The van der Waals surface area contributed by atoms with Crippen molar-refractivity contribution in [3.05, 3.63) is 41.9 Å². The number of nitrogens with one attached hydrogen (secondary N) is 1. The van der Waals surface area contributed by atoms with E-state index in [9.17, 15) is 0 Å². The van der Waals surface area contributed by atoms with E-state index >= 15 is 0 Å². The van der Waals surface area contributed by atoms with Crippen LogP contribution in [0.15, 0.2) is 34.9 Å². The molecule has 0 spiro atoms. The Morgan fingerprint density at radius 1 is 1.14 bits per heavy atom. The lowest BCUT2D eigenvalue weighted by Gasteiger charge is -2.21. The van der Waals surface area contributed by atoms with Gasteiger partial charge < -0.3 is 9.73 Å². The van der Waals surface area contributed by atoms with Crippen LogP contribution in [0.5, 0.6) is 0 Å². The highest BCUT2D eigenvalue weighted by atomic mass is 16.4. The Hall–Kier alpha value is -1.61. The second kappa shape index (κ2) is 6.90. The first-order chi connectivity index (χ1) is 10.0. The third-order valence-corrected chi connectivity index (χ3v) is 3.50. The van der Waals surface area contributed by atoms with E-state index in [0.717, 1.165) is 43.1 Å². The van der Waals surface area contributed by atoms with E-state index in [4.69, 9.17) is 4.42 Å². The van der Waals surface area contributed by atoms with Gasteiger partial charge in [0.1, 0.15) is 0 Å². The molecule has 1 aromatic carbocycles. The largest absolute Gasteiger partial charge is 0.441 e. The normalized spacial score (nSPS) is 11.8. The van der Waals surface area contributed by atoms with Crippen molar-refractivity contribution in [2.45, 2.75) is 46.0 Å². The zero-order valence-corrected chi connectivity index (χ0v) is 13.6. The second-order valence-electron chi connectivity index (χ2n) is 6.41. The molecule has 0 aliphatic heterocycles. The fraction of sp³-hybridized carbons (Fsp3) is 0.500. The minimum atomic E-state index is 0.0895. The third-order valence-electron chi connectivity index (χ3n) is 3.50. The molecule has 0 atom stereocenters. The van der Waals surface area contributed by atoms with Gasteiger partial charge in [-0.25, -0.2) is 4.98 Å². The number of hydrogen-bond acceptors (Lipinski definition) is 3. The Balaban J connectivity index is 2.15. The van der Waals surface area contributed by atoms with Crippen molar-refractivity contribution in [2.75, 3.05) is 13.1 Å². The number of rotatable bonds is 6. The SMILES string of the molecule is CCCNCCc1ncc(-c2ccccc2C(C)(C)C)o1. The van der Waals surface area contributed by atoms with Crippen molar-refractivity contribution in [3.8, 4) is 11.3 Å². The first kappa shape index (κ1) is 15.8. The smallest absolute Gasteiger partial charge is 0.196 e. The maximum absolute atomic E-state index is 5.93. The molecule has 0 saturated heterocycles.